The molecule has 4 aromatic rings. The molecule has 1 fully saturated rings. The highest BCUT2D eigenvalue weighted by atomic mass is 16.5. The fourth-order valence-corrected chi connectivity index (χ4v) is 4.11. The first-order valence-corrected chi connectivity index (χ1v) is 10.5. The highest BCUT2D eigenvalue weighted by molar-refractivity contribution is 5.80. The van der Waals surface area contributed by atoms with Crippen molar-refractivity contribution in [1.29, 1.82) is 0 Å². The van der Waals surface area contributed by atoms with Gasteiger partial charge in [0.2, 0.25) is 0 Å². The Morgan fingerprint density at radius 3 is 2.73 bits per heavy atom. The summed E-state index contributed by atoms with van der Waals surface area (Å²) < 4.78 is 11.5. The molecule has 30 heavy (non-hydrogen) atoms. The van der Waals surface area contributed by atoms with E-state index >= 15 is 0 Å². The predicted octanol–water partition coefficient (Wildman–Crippen LogP) is 3.75. The molecule has 8 nitrogen and oxygen atoms in total. The van der Waals surface area contributed by atoms with Gasteiger partial charge in [0.05, 0.1) is 5.92 Å². The Kier molecular flexibility index (Phi) is 5.23. The molecule has 8 heteroatoms. The molecule has 5 heterocycles. The van der Waals surface area contributed by atoms with E-state index in [1.54, 1.807) is 12.4 Å². The average molecular weight is 404 g/mol. The molecule has 1 N–H and O–H groups in total. The maximum absolute atomic E-state index is 5.86. The average Bonchev–Trinajstić information content (AvgIpc) is 3.43. The third-order valence-corrected chi connectivity index (χ3v) is 5.64. The van der Waals surface area contributed by atoms with Gasteiger partial charge in [-0.25, -0.2) is 9.97 Å². The quantitative estimate of drug-likeness (QED) is 0.518. The molecule has 154 valence electrons. The minimum Gasteiger partial charge on any atom is -0.451 e. The van der Waals surface area contributed by atoms with Gasteiger partial charge in [0.25, 0.3) is 5.89 Å². The maximum Gasteiger partial charge on any atom is 0.293 e. The smallest absolute Gasteiger partial charge is 0.293 e. The van der Waals surface area contributed by atoms with Crippen LogP contribution in [0.25, 0.3) is 22.6 Å². The number of nitrogens with zero attached hydrogens (tertiary/aromatic N) is 5. The van der Waals surface area contributed by atoms with E-state index < -0.39 is 0 Å². The number of rotatable bonds is 6. The van der Waals surface area contributed by atoms with Gasteiger partial charge in [-0.05, 0) is 56.0 Å². The Hall–Kier alpha value is -3.13. The topological polar surface area (TPSA) is 103 Å². The number of pyridine rings is 1. The SMILES string of the molecule is CCCc1cnc(C(c2noc(-c3cc4cnccc4o3)n2)C2CCNCC2)nc1. The summed E-state index contributed by atoms with van der Waals surface area (Å²) >= 11 is 0. The van der Waals surface area contributed by atoms with Crippen molar-refractivity contribution >= 4 is 11.0 Å². The van der Waals surface area contributed by atoms with Crippen molar-refractivity contribution in [2.75, 3.05) is 13.1 Å². The van der Waals surface area contributed by atoms with Gasteiger partial charge in [-0.2, -0.15) is 4.98 Å². The van der Waals surface area contributed by atoms with Crippen LogP contribution in [0.4, 0.5) is 0 Å². The van der Waals surface area contributed by atoms with Crippen LogP contribution in [0, 0.1) is 5.92 Å². The van der Waals surface area contributed by atoms with Crippen molar-refractivity contribution in [3.63, 3.8) is 0 Å². The Balaban J connectivity index is 1.49. The summed E-state index contributed by atoms with van der Waals surface area (Å²) in [6.45, 7) is 4.09. The van der Waals surface area contributed by atoms with Crippen molar-refractivity contribution in [2.24, 2.45) is 5.92 Å². The van der Waals surface area contributed by atoms with Crippen LogP contribution < -0.4 is 5.32 Å². The Bertz CT molecular complexity index is 1080. The fourth-order valence-electron chi connectivity index (χ4n) is 4.11. The summed E-state index contributed by atoms with van der Waals surface area (Å²) in [5, 5.41) is 8.63. The summed E-state index contributed by atoms with van der Waals surface area (Å²) in [7, 11) is 0. The third-order valence-electron chi connectivity index (χ3n) is 5.64. The fraction of sp³-hybridized carbons (Fsp3) is 0.409. The Morgan fingerprint density at radius 1 is 1.13 bits per heavy atom. The molecule has 0 radical (unpaired) electrons. The van der Waals surface area contributed by atoms with Crippen molar-refractivity contribution < 1.29 is 8.94 Å². The lowest BCUT2D eigenvalue weighted by atomic mass is 9.83. The molecule has 5 rings (SSSR count). The molecule has 4 aromatic heterocycles. The van der Waals surface area contributed by atoms with Crippen LogP contribution in [-0.4, -0.2) is 38.2 Å². The van der Waals surface area contributed by atoms with Crippen LogP contribution in [0.15, 0.2) is 45.9 Å². The van der Waals surface area contributed by atoms with Gasteiger partial charge >= 0.3 is 0 Å². The van der Waals surface area contributed by atoms with Gasteiger partial charge in [0, 0.05) is 30.2 Å². The Morgan fingerprint density at radius 2 is 1.97 bits per heavy atom. The van der Waals surface area contributed by atoms with E-state index in [1.807, 2.05) is 24.5 Å². The first-order valence-electron chi connectivity index (χ1n) is 10.5. The number of aromatic nitrogens is 5. The molecule has 1 unspecified atom stereocenters. The predicted molar refractivity (Wildman–Crippen MR) is 111 cm³/mol. The zero-order chi connectivity index (χ0) is 20.3. The van der Waals surface area contributed by atoms with E-state index in [-0.39, 0.29) is 5.92 Å². The van der Waals surface area contributed by atoms with Gasteiger partial charge in [0.15, 0.2) is 11.6 Å². The number of aryl methyl sites for hydroxylation is 1. The van der Waals surface area contributed by atoms with E-state index in [0.717, 1.165) is 61.1 Å². The van der Waals surface area contributed by atoms with E-state index in [2.05, 4.69) is 32.3 Å². The lowest BCUT2D eigenvalue weighted by Gasteiger charge is -2.27. The monoisotopic (exact) mass is 404 g/mol. The zero-order valence-corrected chi connectivity index (χ0v) is 16.9. The van der Waals surface area contributed by atoms with Crippen molar-refractivity contribution in [2.45, 2.75) is 38.5 Å². The van der Waals surface area contributed by atoms with Crippen LogP contribution in [0.3, 0.4) is 0 Å². The van der Waals surface area contributed by atoms with Crippen molar-refractivity contribution in [1.82, 2.24) is 30.4 Å². The lowest BCUT2D eigenvalue weighted by Crippen LogP contribution is -2.32. The molecule has 0 saturated carbocycles. The highest BCUT2D eigenvalue weighted by Crippen LogP contribution is 2.35. The first kappa shape index (κ1) is 18.9. The molecule has 1 aliphatic rings. The molecule has 1 atom stereocenters. The molecule has 1 saturated heterocycles. The van der Waals surface area contributed by atoms with Gasteiger partial charge in [-0.3, -0.25) is 4.98 Å². The van der Waals surface area contributed by atoms with Crippen molar-refractivity contribution in [3.05, 3.63) is 54.1 Å². The second kappa shape index (κ2) is 8.31. The van der Waals surface area contributed by atoms with E-state index in [9.17, 15) is 0 Å². The second-order valence-electron chi connectivity index (χ2n) is 7.75. The number of piperidine rings is 1. The largest absolute Gasteiger partial charge is 0.451 e. The maximum atomic E-state index is 5.86. The van der Waals surface area contributed by atoms with Crippen LogP contribution in [0.5, 0.6) is 0 Å². The van der Waals surface area contributed by atoms with Crippen LogP contribution in [0.2, 0.25) is 0 Å². The summed E-state index contributed by atoms with van der Waals surface area (Å²) in [6, 6.07) is 3.69. The summed E-state index contributed by atoms with van der Waals surface area (Å²) in [4.78, 5) is 18.2. The number of furan rings is 1. The number of nitrogens with one attached hydrogen (secondary N) is 1. The van der Waals surface area contributed by atoms with Gasteiger partial charge in [-0.15, -0.1) is 0 Å². The second-order valence-corrected chi connectivity index (χ2v) is 7.75. The van der Waals surface area contributed by atoms with Crippen LogP contribution in [-0.2, 0) is 6.42 Å². The first-order chi connectivity index (χ1) is 14.8. The molecule has 0 spiro atoms. The van der Waals surface area contributed by atoms with Gasteiger partial charge in [-0.1, -0.05) is 18.5 Å². The third kappa shape index (κ3) is 3.70. The summed E-state index contributed by atoms with van der Waals surface area (Å²) in [5.74, 6) is 2.52. The van der Waals surface area contributed by atoms with Crippen LogP contribution >= 0.6 is 0 Å². The zero-order valence-electron chi connectivity index (χ0n) is 16.9. The number of fused-ring (bicyclic) bond motifs is 1. The molecular formula is C22H24N6O2. The highest BCUT2D eigenvalue weighted by Gasteiger charge is 2.33. The molecule has 1 aliphatic heterocycles. The minimum atomic E-state index is -0.105. The molecule has 0 aliphatic carbocycles. The lowest BCUT2D eigenvalue weighted by molar-refractivity contribution is 0.319. The number of hydrogen-bond donors (Lipinski definition) is 1. The summed E-state index contributed by atoms with van der Waals surface area (Å²) in [5.41, 5.74) is 1.89. The van der Waals surface area contributed by atoms with Crippen molar-refractivity contribution in [3.8, 4) is 11.7 Å². The van der Waals surface area contributed by atoms with Crippen LogP contribution in [0.1, 0.15) is 49.3 Å². The summed E-state index contributed by atoms with van der Waals surface area (Å²) in [6.07, 6.45) is 11.4. The molecule has 0 bridgehead atoms. The minimum absolute atomic E-state index is 0.105. The Labute approximate surface area is 174 Å². The normalized spacial score (nSPS) is 16.2. The van der Waals surface area contributed by atoms with E-state index in [1.165, 1.54) is 0 Å². The van der Waals surface area contributed by atoms with Gasteiger partial charge < -0.3 is 14.3 Å². The number of hydrogen-bond acceptors (Lipinski definition) is 8. The molecular weight excluding hydrogens is 380 g/mol. The van der Waals surface area contributed by atoms with E-state index in [0.29, 0.717) is 23.4 Å². The van der Waals surface area contributed by atoms with Gasteiger partial charge in [0.1, 0.15) is 11.4 Å². The standard InChI is InChI=1S/C22H24N6O2/c1-2-3-14-11-25-20(26-12-14)19(15-4-7-23-8-5-15)21-27-22(30-28-21)18-10-16-13-24-9-6-17(16)29-18/h6,9-13,15,19,23H,2-5,7-8H2,1H3. The molecule has 0 amide bonds. The molecule has 0 aromatic carbocycles. The van der Waals surface area contributed by atoms with E-state index in [4.69, 9.17) is 13.9 Å².